The highest BCUT2D eigenvalue weighted by Crippen LogP contribution is 2.30. The number of hydrogen-bond acceptors (Lipinski definition) is 3. The molecule has 1 saturated heterocycles. The summed E-state index contributed by atoms with van der Waals surface area (Å²) in [5.41, 5.74) is 0. The number of rotatable bonds is 5. The number of ether oxygens (including phenoxy) is 1. The molecule has 1 aromatic rings. The Morgan fingerprint density at radius 1 is 1.35 bits per heavy atom. The zero-order valence-corrected chi connectivity index (χ0v) is 12.6. The monoisotopic (exact) mass is 291 g/mol. The fourth-order valence-electron chi connectivity index (χ4n) is 2.12. The average Bonchev–Trinajstić information content (AvgIpc) is 2.53. The van der Waals surface area contributed by atoms with Gasteiger partial charge >= 0.3 is 0 Å². The van der Waals surface area contributed by atoms with Crippen LogP contribution in [0.3, 0.4) is 0 Å². The molecule has 1 amide bonds. The molecular weight excluding hydrogens is 270 g/mol. The molecule has 1 aliphatic heterocycles. The van der Waals surface area contributed by atoms with E-state index >= 15 is 0 Å². The second-order valence-corrected chi connectivity index (χ2v) is 6.10. The van der Waals surface area contributed by atoms with Gasteiger partial charge in [-0.15, -0.1) is 18.3 Å². The fourth-order valence-corrected chi connectivity index (χ4v) is 3.30. The number of morpholine rings is 1. The Kier molecular flexibility index (Phi) is 5.68. The molecule has 1 fully saturated rings. The van der Waals surface area contributed by atoms with E-state index in [2.05, 4.69) is 6.58 Å². The van der Waals surface area contributed by atoms with E-state index in [-0.39, 0.29) is 17.1 Å². The molecule has 0 saturated carbocycles. The van der Waals surface area contributed by atoms with Crippen molar-refractivity contribution in [2.45, 2.75) is 17.1 Å². The molecule has 0 N–H and O–H groups in total. The van der Waals surface area contributed by atoms with Crippen molar-refractivity contribution in [1.29, 1.82) is 0 Å². The van der Waals surface area contributed by atoms with E-state index in [1.54, 1.807) is 11.8 Å². The molecule has 0 bridgehead atoms. The minimum absolute atomic E-state index is 0.118. The van der Waals surface area contributed by atoms with Crippen LogP contribution in [0.2, 0.25) is 0 Å². The maximum absolute atomic E-state index is 12.7. The molecule has 1 heterocycles. The lowest BCUT2D eigenvalue weighted by Crippen LogP contribution is -2.46. The van der Waals surface area contributed by atoms with Crippen LogP contribution in [-0.4, -0.2) is 42.4 Å². The summed E-state index contributed by atoms with van der Waals surface area (Å²) in [4.78, 5) is 15.7. The molecule has 0 spiro atoms. The number of benzene rings is 1. The molecular formula is C16H21NO2S. The summed E-state index contributed by atoms with van der Waals surface area (Å²) in [6.07, 6.45) is 1.86. The van der Waals surface area contributed by atoms with Crippen LogP contribution in [0, 0.1) is 5.92 Å². The van der Waals surface area contributed by atoms with Gasteiger partial charge in [-0.05, 0) is 18.1 Å². The van der Waals surface area contributed by atoms with Gasteiger partial charge < -0.3 is 9.64 Å². The van der Waals surface area contributed by atoms with Gasteiger partial charge in [-0.2, -0.15) is 0 Å². The van der Waals surface area contributed by atoms with E-state index < -0.39 is 0 Å². The summed E-state index contributed by atoms with van der Waals surface area (Å²) in [6.45, 7) is 8.54. The molecule has 4 heteroatoms. The van der Waals surface area contributed by atoms with Crippen molar-refractivity contribution >= 4 is 17.7 Å². The van der Waals surface area contributed by atoms with Crippen molar-refractivity contribution in [1.82, 2.24) is 4.90 Å². The maximum Gasteiger partial charge on any atom is 0.236 e. The lowest BCUT2D eigenvalue weighted by atomic mass is 10.1. The Morgan fingerprint density at radius 2 is 2.00 bits per heavy atom. The van der Waals surface area contributed by atoms with Crippen LogP contribution in [0.5, 0.6) is 0 Å². The predicted molar refractivity (Wildman–Crippen MR) is 82.8 cm³/mol. The Labute approximate surface area is 125 Å². The lowest BCUT2D eigenvalue weighted by molar-refractivity contribution is -0.135. The van der Waals surface area contributed by atoms with Gasteiger partial charge in [-0.3, -0.25) is 4.79 Å². The van der Waals surface area contributed by atoms with Crippen molar-refractivity contribution in [2.24, 2.45) is 5.92 Å². The van der Waals surface area contributed by atoms with Crippen LogP contribution in [0.15, 0.2) is 47.9 Å². The van der Waals surface area contributed by atoms with Gasteiger partial charge in [-0.25, -0.2) is 0 Å². The van der Waals surface area contributed by atoms with Crippen LogP contribution >= 0.6 is 11.8 Å². The average molecular weight is 291 g/mol. The van der Waals surface area contributed by atoms with Crippen molar-refractivity contribution in [2.75, 3.05) is 26.3 Å². The first-order valence-electron chi connectivity index (χ1n) is 6.93. The van der Waals surface area contributed by atoms with Crippen LogP contribution < -0.4 is 0 Å². The minimum Gasteiger partial charge on any atom is -0.378 e. The molecule has 20 heavy (non-hydrogen) atoms. The fraction of sp³-hybridized carbons (Fsp3) is 0.438. The van der Waals surface area contributed by atoms with E-state index in [0.29, 0.717) is 26.3 Å². The van der Waals surface area contributed by atoms with Crippen LogP contribution in [-0.2, 0) is 9.53 Å². The molecule has 1 aliphatic rings. The van der Waals surface area contributed by atoms with Crippen LogP contribution in [0.25, 0.3) is 0 Å². The first-order valence-corrected chi connectivity index (χ1v) is 7.81. The summed E-state index contributed by atoms with van der Waals surface area (Å²) >= 11 is 1.62. The molecule has 3 nitrogen and oxygen atoms in total. The third kappa shape index (κ3) is 3.87. The summed E-state index contributed by atoms with van der Waals surface area (Å²) in [5, 5.41) is -0.118. The third-order valence-corrected chi connectivity index (χ3v) is 4.85. The van der Waals surface area contributed by atoms with Crippen molar-refractivity contribution < 1.29 is 9.53 Å². The molecule has 1 aromatic carbocycles. The highest BCUT2D eigenvalue weighted by atomic mass is 32.2. The van der Waals surface area contributed by atoms with Gasteiger partial charge in [0, 0.05) is 18.0 Å². The third-order valence-electron chi connectivity index (χ3n) is 3.42. The Balaban J connectivity index is 2.10. The molecule has 108 valence electrons. The second-order valence-electron chi connectivity index (χ2n) is 4.88. The molecule has 0 aliphatic carbocycles. The van der Waals surface area contributed by atoms with E-state index in [1.807, 2.05) is 48.2 Å². The molecule has 0 radical (unpaired) electrons. The molecule has 2 atom stereocenters. The van der Waals surface area contributed by atoms with Gasteiger partial charge in [0.2, 0.25) is 5.91 Å². The van der Waals surface area contributed by atoms with Gasteiger partial charge in [0.25, 0.3) is 0 Å². The van der Waals surface area contributed by atoms with Gasteiger partial charge in [-0.1, -0.05) is 31.2 Å². The smallest absolute Gasteiger partial charge is 0.236 e. The molecule has 0 aromatic heterocycles. The maximum atomic E-state index is 12.7. The largest absolute Gasteiger partial charge is 0.378 e. The number of allylic oxidation sites excluding steroid dienone is 1. The summed E-state index contributed by atoms with van der Waals surface area (Å²) in [5.74, 6) is 0.324. The number of nitrogens with zero attached hydrogens (tertiary/aromatic N) is 1. The molecule has 2 rings (SSSR count). The first kappa shape index (κ1) is 15.1. The van der Waals surface area contributed by atoms with E-state index in [4.69, 9.17) is 4.74 Å². The van der Waals surface area contributed by atoms with Crippen LogP contribution in [0.1, 0.15) is 6.92 Å². The number of carbonyl (C=O) groups is 1. The summed E-state index contributed by atoms with van der Waals surface area (Å²) < 4.78 is 5.31. The van der Waals surface area contributed by atoms with Gasteiger partial charge in [0.1, 0.15) is 0 Å². The van der Waals surface area contributed by atoms with Gasteiger partial charge in [0.05, 0.1) is 18.5 Å². The number of amides is 1. The normalized spacial score (nSPS) is 18.4. The lowest BCUT2D eigenvalue weighted by Gasteiger charge is -2.31. The predicted octanol–water partition coefficient (Wildman–Crippen LogP) is 2.83. The van der Waals surface area contributed by atoms with E-state index in [9.17, 15) is 4.79 Å². The standard InChI is InChI=1S/C16H21NO2S/c1-3-13(2)15(20-14-7-5-4-6-8-14)16(18)17-9-11-19-12-10-17/h3-8,13,15H,1,9-12H2,2H3/t13-,15+/m1/s1. The van der Waals surface area contributed by atoms with Crippen molar-refractivity contribution in [3.05, 3.63) is 43.0 Å². The van der Waals surface area contributed by atoms with E-state index in [1.165, 1.54) is 0 Å². The Morgan fingerprint density at radius 3 is 2.60 bits per heavy atom. The molecule has 0 unspecified atom stereocenters. The number of hydrogen-bond donors (Lipinski definition) is 0. The quantitative estimate of drug-likeness (QED) is 0.617. The van der Waals surface area contributed by atoms with Crippen LogP contribution in [0.4, 0.5) is 0 Å². The second kappa shape index (κ2) is 7.50. The SMILES string of the molecule is C=C[C@@H](C)[C@H](Sc1ccccc1)C(=O)N1CCOCC1. The zero-order chi connectivity index (χ0) is 14.4. The topological polar surface area (TPSA) is 29.5 Å². The zero-order valence-electron chi connectivity index (χ0n) is 11.8. The first-order chi connectivity index (χ1) is 9.72. The Bertz CT molecular complexity index is 443. The van der Waals surface area contributed by atoms with Gasteiger partial charge in [0.15, 0.2) is 0 Å². The van der Waals surface area contributed by atoms with Crippen molar-refractivity contribution in [3.63, 3.8) is 0 Å². The Hall–Kier alpha value is -1.26. The highest BCUT2D eigenvalue weighted by Gasteiger charge is 2.29. The highest BCUT2D eigenvalue weighted by molar-refractivity contribution is 8.00. The van der Waals surface area contributed by atoms with E-state index in [0.717, 1.165) is 4.90 Å². The van der Waals surface area contributed by atoms with Crippen molar-refractivity contribution in [3.8, 4) is 0 Å². The summed E-state index contributed by atoms with van der Waals surface area (Å²) in [6, 6.07) is 10.1. The number of carbonyl (C=O) groups excluding carboxylic acids is 1. The summed E-state index contributed by atoms with van der Waals surface area (Å²) in [7, 11) is 0. The number of thioether (sulfide) groups is 1. The minimum atomic E-state index is -0.118.